The molecule has 0 N–H and O–H groups in total. The molecule has 4 heteroatoms. The van der Waals surface area contributed by atoms with Crippen LogP contribution in [-0.4, -0.2) is 25.2 Å². The molecule has 0 aliphatic rings. The Hall–Kier alpha value is -1.32. The van der Waals surface area contributed by atoms with Crippen molar-refractivity contribution in [3.05, 3.63) is 11.1 Å². The van der Waals surface area contributed by atoms with Crippen LogP contribution in [0.5, 0.6) is 0 Å². The summed E-state index contributed by atoms with van der Waals surface area (Å²) in [6.45, 7) is 10.8. The molecule has 158 valence electrons. The number of carbonyl (C=O) groups is 2. The first-order valence-corrected chi connectivity index (χ1v) is 11.1. The summed E-state index contributed by atoms with van der Waals surface area (Å²) in [6, 6.07) is 0. The standard InChI is InChI=1S/C23H42O4/c1-6-9-10-11-12-13-14-15-16-20(22(24)26-17-7-2)21(19(4)5)23(25)27-18-8-3/h19H,6-18H2,1-5H3. The van der Waals surface area contributed by atoms with E-state index < -0.39 is 0 Å². The lowest BCUT2D eigenvalue weighted by molar-refractivity contribution is -0.143. The van der Waals surface area contributed by atoms with Crippen molar-refractivity contribution >= 4 is 11.9 Å². The van der Waals surface area contributed by atoms with Crippen LogP contribution >= 0.6 is 0 Å². The number of unbranched alkanes of at least 4 members (excludes halogenated alkanes) is 7. The smallest absolute Gasteiger partial charge is 0.334 e. The molecule has 0 aliphatic carbocycles. The molecule has 0 saturated heterocycles. The molecule has 0 spiro atoms. The summed E-state index contributed by atoms with van der Waals surface area (Å²) in [4.78, 5) is 25.1. The molecule has 0 bridgehead atoms. The fourth-order valence-electron chi connectivity index (χ4n) is 3.04. The van der Waals surface area contributed by atoms with E-state index in [1.807, 2.05) is 27.7 Å². The van der Waals surface area contributed by atoms with Crippen LogP contribution in [-0.2, 0) is 19.1 Å². The van der Waals surface area contributed by atoms with Gasteiger partial charge in [0.2, 0.25) is 0 Å². The summed E-state index contributed by atoms with van der Waals surface area (Å²) in [5.41, 5.74) is 1.01. The molecule has 0 aromatic carbocycles. The Bertz CT molecular complexity index is 438. The van der Waals surface area contributed by atoms with Crippen molar-refractivity contribution < 1.29 is 19.1 Å². The van der Waals surface area contributed by atoms with Gasteiger partial charge in [-0.2, -0.15) is 0 Å². The summed E-state index contributed by atoms with van der Waals surface area (Å²) in [5, 5.41) is 0. The van der Waals surface area contributed by atoms with Crippen molar-refractivity contribution in [3.8, 4) is 0 Å². The van der Waals surface area contributed by atoms with Crippen molar-refractivity contribution in [2.24, 2.45) is 5.92 Å². The Morgan fingerprint density at radius 1 is 0.667 bits per heavy atom. The Morgan fingerprint density at radius 3 is 1.63 bits per heavy atom. The summed E-state index contributed by atoms with van der Waals surface area (Å²) in [5.74, 6) is -0.778. The van der Waals surface area contributed by atoms with E-state index in [9.17, 15) is 9.59 Å². The Kier molecular flexibility index (Phi) is 16.0. The first-order valence-electron chi connectivity index (χ1n) is 11.1. The minimum Gasteiger partial charge on any atom is -0.462 e. The van der Waals surface area contributed by atoms with Gasteiger partial charge >= 0.3 is 11.9 Å². The minimum absolute atomic E-state index is 0.0624. The third kappa shape index (κ3) is 11.9. The molecule has 0 rings (SSSR count). The maximum absolute atomic E-state index is 12.6. The van der Waals surface area contributed by atoms with Gasteiger partial charge in [-0.05, 0) is 31.6 Å². The second-order valence-corrected chi connectivity index (χ2v) is 7.54. The maximum atomic E-state index is 12.6. The zero-order valence-corrected chi connectivity index (χ0v) is 18.4. The third-order valence-corrected chi connectivity index (χ3v) is 4.52. The fourth-order valence-corrected chi connectivity index (χ4v) is 3.04. The lowest BCUT2D eigenvalue weighted by Crippen LogP contribution is -2.20. The Morgan fingerprint density at radius 2 is 1.15 bits per heavy atom. The summed E-state index contributed by atoms with van der Waals surface area (Å²) in [7, 11) is 0. The molecule has 0 unspecified atom stereocenters. The average molecular weight is 383 g/mol. The van der Waals surface area contributed by atoms with Crippen molar-refractivity contribution in [1.82, 2.24) is 0 Å². The van der Waals surface area contributed by atoms with Crippen molar-refractivity contribution in [1.29, 1.82) is 0 Å². The quantitative estimate of drug-likeness (QED) is 0.177. The van der Waals surface area contributed by atoms with E-state index in [-0.39, 0.29) is 17.9 Å². The average Bonchev–Trinajstić information content (AvgIpc) is 2.64. The molecule has 0 aromatic rings. The Balaban J connectivity index is 4.92. The second-order valence-electron chi connectivity index (χ2n) is 7.54. The van der Waals surface area contributed by atoms with Crippen molar-refractivity contribution in [3.63, 3.8) is 0 Å². The van der Waals surface area contributed by atoms with Gasteiger partial charge in [-0.25, -0.2) is 9.59 Å². The highest BCUT2D eigenvalue weighted by Crippen LogP contribution is 2.23. The van der Waals surface area contributed by atoms with E-state index >= 15 is 0 Å². The van der Waals surface area contributed by atoms with Gasteiger partial charge in [0.15, 0.2) is 0 Å². The molecule has 0 radical (unpaired) electrons. The lowest BCUT2D eigenvalue weighted by atomic mass is 9.93. The monoisotopic (exact) mass is 382 g/mol. The number of esters is 2. The van der Waals surface area contributed by atoms with Crippen LogP contribution in [0.4, 0.5) is 0 Å². The van der Waals surface area contributed by atoms with Gasteiger partial charge in [0, 0.05) is 5.57 Å². The van der Waals surface area contributed by atoms with E-state index in [2.05, 4.69) is 6.92 Å². The molecule has 0 heterocycles. The highest BCUT2D eigenvalue weighted by molar-refractivity contribution is 6.00. The SMILES string of the molecule is CCCCCCCCCCC(C(=O)OCCC)=C(C(=O)OCCC)C(C)C. The maximum Gasteiger partial charge on any atom is 0.334 e. The van der Waals surface area contributed by atoms with Crippen LogP contribution < -0.4 is 0 Å². The topological polar surface area (TPSA) is 52.6 Å². The molecule has 27 heavy (non-hydrogen) atoms. The largest absolute Gasteiger partial charge is 0.462 e. The number of hydrogen-bond donors (Lipinski definition) is 0. The number of rotatable bonds is 16. The summed E-state index contributed by atoms with van der Waals surface area (Å²) >= 11 is 0. The van der Waals surface area contributed by atoms with Gasteiger partial charge < -0.3 is 9.47 Å². The van der Waals surface area contributed by atoms with Gasteiger partial charge in [-0.15, -0.1) is 0 Å². The second kappa shape index (κ2) is 16.8. The molecular formula is C23H42O4. The molecule has 0 atom stereocenters. The molecular weight excluding hydrogens is 340 g/mol. The highest BCUT2D eigenvalue weighted by Gasteiger charge is 2.25. The van der Waals surface area contributed by atoms with Gasteiger partial charge in [0.25, 0.3) is 0 Å². The van der Waals surface area contributed by atoms with E-state index in [0.717, 1.165) is 25.7 Å². The first kappa shape index (κ1) is 25.7. The number of hydrogen-bond acceptors (Lipinski definition) is 4. The van der Waals surface area contributed by atoms with Crippen molar-refractivity contribution in [2.75, 3.05) is 13.2 Å². The minimum atomic E-state index is -0.366. The molecule has 0 saturated carbocycles. The Labute approximate surface area is 167 Å². The normalized spacial score (nSPS) is 12.1. The number of ether oxygens (including phenoxy) is 2. The van der Waals surface area contributed by atoms with Crippen molar-refractivity contribution in [2.45, 2.75) is 105 Å². The van der Waals surface area contributed by atoms with Gasteiger partial charge in [0.05, 0.1) is 18.8 Å². The molecule has 4 nitrogen and oxygen atoms in total. The van der Waals surface area contributed by atoms with E-state index in [1.165, 1.54) is 38.5 Å². The summed E-state index contributed by atoms with van der Waals surface area (Å²) < 4.78 is 10.7. The highest BCUT2D eigenvalue weighted by atomic mass is 16.5. The van der Waals surface area contributed by atoms with Gasteiger partial charge in [0.1, 0.15) is 0 Å². The molecule has 0 amide bonds. The van der Waals surface area contributed by atoms with Crippen LogP contribution in [0.3, 0.4) is 0 Å². The zero-order chi connectivity index (χ0) is 20.5. The number of carbonyl (C=O) groups excluding carboxylic acids is 2. The fraction of sp³-hybridized carbons (Fsp3) is 0.826. The molecule has 0 aliphatic heterocycles. The predicted molar refractivity (Wildman–Crippen MR) is 112 cm³/mol. The third-order valence-electron chi connectivity index (χ3n) is 4.52. The van der Waals surface area contributed by atoms with E-state index in [0.29, 0.717) is 30.8 Å². The van der Waals surface area contributed by atoms with Gasteiger partial charge in [-0.1, -0.05) is 79.6 Å². The zero-order valence-electron chi connectivity index (χ0n) is 18.4. The van der Waals surface area contributed by atoms with Crippen LogP contribution in [0.15, 0.2) is 11.1 Å². The molecule has 0 aromatic heterocycles. The van der Waals surface area contributed by atoms with Crippen LogP contribution in [0.2, 0.25) is 0 Å². The summed E-state index contributed by atoms with van der Waals surface area (Å²) in [6.07, 6.45) is 11.7. The van der Waals surface area contributed by atoms with E-state index in [1.54, 1.807) is 0 Å². The van der Waals surface area contributed by atoms with Crippen LogP contribution in [0.25, 0.3) is 0 Å². The van der Waals surface area contributed by atoms with Crippen LogP contribution in [0.1, 0.15) is 105 Å². The first-order chi connectivity index (χ1) is 13.0. The molecule has 0 fully saturated rings. The predicted octanol–water partition coefficient (Wildman–Crippen LogP) is 6.38. The van der Waals surface area contributed by atoms with E-state index in [4.69, 9.17) is 9.47 Å². The van der Waals surface area contributed by atoms with Gasteiger partial charge in [-0.3, -0.25) is 0 Å². The van der Waals surface area contributed by atoms with Crippen LogP contribution in [0, 0.1) is 5.92 Å². The lowest BCUT2D eigenvalue weighted by Gasteiger charge is -2.17.